The predicted octanol–water partition coefficient (Wildman–Crippen LogP) is 3.50. The lowest BCUT2D eigenvalue weighted by Gasteiger charge is -2.28. The third kappa shape index (κ3) is 3.58. The van der Waals surface area contributed by atoms with Crippen molar-refractivity contribution < 1.29 is 9.53 Å². The smallest absolute Gasteiger partial charge is 0.253 e. The topological polar surface area (TPSA) is 43.3 Å². The van der Waals surface area contributed by atoms with Gasteiger partial charge in [0.05, 0.1) is 18.3 Å². The third-order valence-electron chi connectivity index (χ3n) is 4.89. The molecule has 23 heavy (non-hydrogen) atoms. The van der Waals surface area contributed by atoms with Crippen LogP contribution in [0.5, 0.6) is 0 Å². The maximum atomic E-state index is 12.4. The fraction of sp³-hybridized carbons (Fsp3) is 0.526. The fourth-order valence-corrected chi connectivity index (χ4v) is 3.52. The molecule has 0 unspecified atom stereocenters. The molecule has 0 radical (unpaired) electrons. The van der Waals surface area contributed by atoms with Gasteiger partial charge in [-0.05, 0) is 24.8 Å². The molecule has 0 spiro atoms. The van der Waals surface area contributed by atoms with Crippen LogP contribution in [-0.4, -0.2) is 29.7 Å². The van der Waals surface area contributed by atoms with E-state index in [4.69, 9.17) is 4.74 Å². The van der Waals surface area contributed by atoms with Crippen LogP contribution < -0.4 is 5.32 Å². The summed E-state index contributed by atoms with van der Waals surface area (Å²) in [5, 5.41) is 3.98. The van der Waals surface area contributed by atoms with E-state index in [0.29, 0.717) is 25.2 Å². The number of benzene rings is 1. The molecule has 1 aliphatic rings. The minimum Gasteiger partial charge on any atom is -0.376 e. The standard InChI is InChI=1S/C19H26N2O2/c1-14-7-3-6-10-18(14)23-12-11-20-19(22)16-13-21(2)17-9-5-4-8-15(16)17/h4-5,8-9,13-14,18H,3,6-7,10-12H2,1-2H3,(H,20,22)/t14-,18-/m1/s1. The third-order valence-corrected chi connectivity index (χ3v) is 4.89. The summed E-state index contributed by atoms with van der Waals surface area (Å²) in [5.41, 5.74) is 1.80. The van der Waals surface area contributed by atoms with Crippen LogP contribution in [-0.2, 0) is 11.8 Å². The lowest BCUT2D eigenvalue weighted by atomic mass is 9.88. The molecule has 1 heterocycles. The van der Waals surface area contributed by atoms with Crippen molar-refractivity contribution in [1.82, 2.24) is 9.88 Å². The van der Waals surface area contributed by atoms with Gasteiger partial charge in [-0.1, -0.05) is 38.0 Å². The first-order valence-corrected chi connectivity index (χ1v) is 8.60. The average Bonchev–Trinajstić information content (AvgIpc) is 2.90. The summed E-state index contributed by atoms with van der Waals surface area (Å²) in [4.78, 5) is 12.4. The van der Waals surface area contributed by atoms with Crippen LogP contribution in [0.25, 0.3) is 10.9 Å². The highest BCUT2D eigenvalue weighted by molar-refractivity contribution is 6.06. The molecule has 4 heteroatoms. The summed E-state index contributed by atoms with van der Waals surface area (Å²) in [6.07, 6.45) is 7.24. The second-order valence-corrected chi connectivity index (χ2v) is 6.60. The zero-order valence-electron chi connectivity index (χ0n) is 14.0. The molecule has 0 bridgehead atoms. The predicted molar refractivity (Wildman–Crippen MR) is 92.6 cm³/mol. The molecule has 1 aliphatic carbocycles. The second-order valence-electron chi connectivity index (χ2n) is 6.60. The molecule has 1 amide bonds. The van der Waals surface area contributed by atoms with Crippen molar-refractivity contribution in [1.29, 1.82) is 0 Å². The minimum atomic E-state index is -0.0258. The summed E-state index contributed by atoms with van der Waals surface area (Å²) in [5.74, 6) is 0.611. The molecule has 1 N–H and O–H groups in total. The molecule has 1 fully saturated rings. The molecular formula is C19H26N2O2. The number of hydrogen-bond acceptors (Lipinski definition) is 2. The number of nitrogens with one attached hydrogen (secondary N) is 1. The number of amides is 1. The Kier molecular flexibility index (Phi) is 5.01. The number of para-hydroxylation sites is 1. The van der Waals surface area contributed by atoms with Crippen molar-refractivity contribution >= 4 is 16.8 Å². The van der Waals surface area contributed by atoms with E-state index in [2.05, 4.69) is 12.2 Å². The van der Waals surface area contributed by atoms with Gasteiger partial charge >= 0.3 is 0 Å². The zero-order chi connectivity index (χ0) is 16.2. The molecule has 0 saturated heterocycles. The number of fused-ring (bicyclic) bond motifs is 1. The number of nitrogens with zero attached hydrogens (tertiary/aromatic N) is 1. The highest BCUT2D eigenvalue weighted by atomic mass is 16.5. The van der Waals surface area contributed by atoms with Crippen LogP contribution in [0.4, 0.5) is 0 Å². The van der Waals surface area contributed by atoms with Gasteiger partial charge in [-0.15, -0.1) is 0 Å². The van der Waals surface area contributed by atoms with E-state index in [1.807, 2.05) is 42.1 Å². The van der Waals surface area contributed by atoms with E-state index in [-0.39, 0.29) is 5.91 Å². The minimum absolute atomic E-state index is 0.0258. The Morgan fingerprint density at radius 1 is 1.30 bits per heavy atom. The highest BCUT2D eigenvalue weighted by Crippen LogP contribution is 2.26. The van der Waals surface area contributed by atoms with E-state index >= 15 is 0 Å². The van der Waals surface area contributed by atoms with E-state index in [1.165, 1.54) is 19.3 Å². The molecule has 1 aromatic heterocycles. The second kappa shape index (κ2) is 7.18. The van der Waals surface area contributed by atoms with Crippen LogP contribution >= 0.6 is 0 Å². The first kappa shape index (κ1) is 16.1. The summed E-state index contributed by atoms with van der Waals surface area (Å²) in [7, 11) is 1.96. The van der Waals surface area contributed by atoms with Gasteiger partial charge in [0.15, 0.2) is 0 Å². The number of aromatic nitrogens is 1. The van der Waals surface area contributed by atoms with Crippen LogP contribution in [0.3, 0.4) is 0 Å². The zero-order valence-corrected chi connectivity index (χ0v) is 14.0. The largest absolute Gasteiger partial charge is 0.376 e. The molecule has 1 aromatic carbocycles. The van der Waals surface area contributed by atoms with Gasteiger partial charge < -0.3 is 14.6 Å². The van der Waals surface area contributed by atoms with Crippen molar-refractivity contribution in [3.05, 3.63) is 36.0 Å². The van der Waals surface area contributed by atoms with E-state index in [0.717, 1.165) is 22.9 Å². The summed E-state index contributed by atoms with van der Waals surface area (Å²) in [6, 6.07) is 7.97. The number of carbonyl (C=O) groups is 1. The number of hydrogen-bond donors (Lipinski definition) is 1. The van der Waals surface area contributed by atoms with Crippen LogP contribution in [0, 0.1) is 5.92 Å². The van der Waals surface area contributed by atoms with Gasteiger partial charge in [-0.25, -0.2) is 0 Å². The molecular weight excluding hydrogens is 288 g/mol. The molecule has 124 valence electrons. The van der Waals surface area contributed by atoms with E-state index in [9.17, 15) is 4.79 Å². The van der Waals surface area contributed by atoms with Gasteiger partial charge in [-0.3, -0.25) is 4.79 Å². The Hall–Kier alpha value is -1.81. The fourth-order valence-electron chi connectivity index (χ4n) is 3.52. The van der Waals surface area contributed by atoms with Crippen LogP contribution in [0.15, 0.2) is 30.5 Å². The molecule has 1 saturated carbocycles. The molecule has 2 aromatic rings. The first-order chi connectivity index (χ1) is 11.2. The molecule has 3 rings (SSSR count). The Morgan fingerprint density at radius 2 is 2.09 bits per heavy atom. The van der Waals surface area contributed by atoms with Crippen LogP contribution in [0.2, 0.25) is 0 Å². The van der Waals surface area contributed by atoms with Gasteiger partial charge in [0, 0.05) is 30.7 Å². The van der Waals surface area contributed by atoms with E-state index in [1.54, 1.807) is 0 Å². The molecule has 2 atom stereocenters. The number of aryl methyl sites for hydroxylation is 1. The Morgan fingerprint density at radius 3 is 2.91 bits per heavy atom. The number of ether oxygens (including phenoxy) is 1. The van der Waals surface area contributed by atoms with Gasteiger partial charge in [-0.2, -0.15) is 0 Å². The van der Waals surface area contributed by atoms with Crippen molar-refractivity contribution in [3.63, 3.8) is 0 Å². The maximum Gasteiger partial charge on any atom is 0.253 e. The summed E-state index contributed by atoms with van der Waals surface area (Å²) in [6.45, 7) is 3.41. The average molecular weight is 314 g/mol. The SMILES string of the molecule is C[C@@H]1CCCC[C@H]1OCCNC(=O)c1cn(C)c2ccccc12. The quantitative estimate of drug-likeness (QED) is 0.858. The number of rotatable bonds is 5. The van der Waals surface area contributed by atoms with Gasteiger partial charge in [0.1, 0.15) is 0 Å². The van der Waals surface area contributed by atoms with E-state index < -0.39 is 0 Å². The lowest BCUT2D eigenvalue weighted by molar-refractivity contribution is -0.00293. The lowest BCUT2D eigenvalue weighted by Crippen LogP contribution is -2.31. The number of carbonyl (C=O) groups excluding carboxylic acids is 1. The van der Waals surface area contributed by atoms with Crippen molar-refractivity contribution in [3.8, 4) is 0 Å². The summed E-state index contributed by atoms with van der Waals surface area (Å²) >= 11 is 0. The highest BCUT2D eigenvalue weighted by Gasteiger charge is 2.21. The monoisotopic (exact) mass is 314 g/mol. The Bertz CT molecular complexity index is 677. The van der Waals surface area contributed by atoms with Crippen molar-refractivity contribution in [2.45, 2.75) is 38.7 Å². The maximum absolute atomic E-state index is 12.4. The Balaban J connectivity index is 1.53. The molecule has 4 nitrogen and oxygen atoms in total. The first-order valence-electron chi connectivity index (χ1n) is 8.60. The molecule has 0 aliphatic heterocycles. The summed E-state index contributed by atoms with van der Waals surface area (Å²) < 4.78 is 7.94. The van der Waals surface area contributed by atoms with Gasteiger partial charge in [0.2, 0.25) is 0 Å². The van der Waals surface area contributed by atoms with Crippen molar-refractivity contribution in [2.24, 2.45) is 13.0 Å². The normalized spacial score (nSPS) is 21.5. The van der Waals surface area contributed by atoms with Crippen molar-refractivity contribution in [2.75, 3.05) is 13.2 Å². The Labute approximate surface area is 137 Å². The van der Waals surface area contributed by atoms with Crippen LogP contribution in [0.1, 0.15) is 43.0 Å². The van der Waals surface area contributed by atoms with Gasteiger partial charge in [0.25, 0.3) is 5.91 Å².